The highest BCUT2D eigenvalue weighted by Gasteiger charge is 2.23. The van der Waals surface area contributed by atoms with Gasteiger partial charge in [-0.2, -0.15) is 4.98 Å². The Morgan fingerprint density at radius 2 is 1.78 bits per heavy atom. The minimum Gasteiger partial charge on any atom is -0.497 e. The Bertz CT molecular complexity index is 1160. The molecule has 0 spiro atoms. The van der Waals surface area contributed by atoms with Gasteiger partial charge >= 0.3 is 0 Å². The lowest BCUT2D eigenvalue weighted by Gasteiger charge is -2.34. The van der Waals surface area contributed by atoms with Gasteiger partial charge in [0.15, 0.2) is 5.82 Å². The van der Waals surface area contributed by atoms with Crippen LogP contribution in [0.5, 0.6) is 5.75 Å². The summed E-state index contributed by atoms with van der Waals surface area (Å²) in [6, 6.07) is 17.6. The second kappa shape index (κ2) is 13.0. The first-order valence-electron chi connectivity index (χ1n) is 12.8. The van der Waals surface area contributed by atoms with E-state index in [4.69, 9.17) is 9.26 Å². The van der Waals surface area contributed by atoms with Crippen LogP contribution in [0.25, 0.3) is 0 Å². The van der Waals surface area contributed by atoms with E-state index in [1.807, 2.05) is 71.3 Å². The fourth-order valence-electron chi connectivity index (χ4n) is 4.43. The van der Waals surface area contributed by atoms with Gasteiger partial charge in [0, 0.05) is 52.1 Å². The highest BCUT2D eigenvalue weighted by atomic mass is 16.5. The molecule has 2 heterocycles. The zero-order valence-corrected chi connectivity index (χ0v) is 21.6. The third kappa shape index (κ3) is 7.63. The maximum atomic E-state index is 12.7. The van der Waals surface area contributed by atoms with E-state index in [1.165, 1.54) is 0 Å². The summed E-state index contributed by atoms with van der Waals surface area (Å²) in [5, 5.41) is 4.10. The maximum absolute atomic E-state index is 12.7. The second-order valence-electron chi connectivity index (χ2n) is 9.18. The molecule has 0 bridgehead atoms. The number of nitrogens with zero attached hydrogens (tertiary/aromatic N) is 5. The van der Waals surface area contributed by atoms with E-state index in [2.05, 4.69) is 15.0 Å². The minimum absolute atomic E-state index is 0.0702. The number of methoxy groups -OCH3 is 1. The summed E-state index contributed by atoms with van der Waals surface area (Å²) >= 11 is 0. The molecule has 0 unspecified atom stereocenters. The Labute approximate surface area is 218 Å². The standard InChI is InChI=1S/C28H35N5O4/c1-3-32(20-22-8-5-4-6-9-22)27(34)13-12-26-29-25(30-37-26)21-31-14-16-33(17-15-31)28(35)19-23-10-7-11-24(18-23)36-2/h4-11,18H,3,12-17,19-21H2,1-2H3. The molecule has 0 aliphatic carbocycles. The molecular formula is C28H35N5O4. The normalized spacial score (nSPS) is 13.9. The van der Waals surface area contributed by atoms with E-state index >= 15 is 0 Å². The van der Waals surface area contributed by atoms with Gasteiger partial charge in [0.05, 0.1) is 20.1 Å². The van der Waals surface area contributed by atoms with Crippen molar-refractivity contribution in [2.75, 3.05) is 39.8 Å². The lowest BCUT2D eigenvalue weighted by Crippen LogP contribution is -2.48. The molecule has 1 fully saturated rings. The molecule has 1 saturated heterocycles. The summed E-state index contributed by atoms with van der Waals surface area (Å²) in [4.78, 5) is 35.9. The molecule has 37 heavy (non-hydrogen) atoms. The Balaban J connectivity index is 1.19. The predicted octanol–water partition coefficient (Wildman–Crippen LogP) is 2.95. The van der Waals surface area contributed by atoms with Crippen molar-refractivity contribution in [2.45, 2.75) is 39.3 Å². The van der Waals surface area contributed by atoms with Crippen LogP contribution in [-0.2, 0) is 35.5 Å². The van der Waals surface area contributed by atoms with Crippen LogP contribution < -0.4 is 4.74 Å². The molecule has 0 atom stereocenters. The van der Waals surface area contributed by atoms with Crippen molar-refractivity contribution >= 4 is 11.8 Å². The van der Waals surface area contributed by atoms with Crippen LogP contribution in [0, 0.1) is 0 Å². The molecule has 2 aromatic carbocycles. The van der Waals surface area contributed by atoms with E-state index in [-0.39, 0.29) is 11.8 Å². The van der Waals surface area contributed by atoms with Gasteiger partial charge in [0.25, 0.3) is 0 Å². The number of ether oxygens (including phenoxy) is 1. The summed E-state index contributed by atoms with van der Waals surface area (Å²) in [5.74, 6) is 2.03. The summed E-state index contributed by atoms with van der Waals surface area (Å²) < 4.78 is 10.6. The van der Waals surface area contributed by atoms with Gasteiger partial charge < -0.3 is 19.1 Å². The largest absolute Gasteiger partial charge is 0.497 e. The molecule has 1 aromatic heterocycles. The van der Waals surface area contributed by atoms with E-state index in [0.29, 0.717) is 63.7 Å². The van der Waals surface area contributed by atoms with Crippen molar-refractivity contribution < 1.29 is 18.8 Å². The van der Waals surface area contributed by atoms with Crippen molar-refractivity contribution in [2.24, 2.45) is 0 Å². The van der Waals surface area contributed by atoms with Crippen LogP contribution >= 0.6 is 0 Å². The predicted molar refractivity (Wildman–Crippen MR) is 139 cm³/mol. The molecule has 9 nitrogen and oxygen atoms in total. The molecule has 3 aromatic rings. The molecule has 0 saturated carbocycles. The fraction of sp³-hybridized carbons (Fsp3) is 0.429. The highest BCUT2D eigenvalue weighted by molar-refractivity contribution is 5.79. The van der Waals surface area contributed by atoms with Gasteiger partial charge in [0.2, 0.25) is 17.7 Å². The van der Waals surface area contributed by atoms with E-state index in [9.17, 15) is 9.59 Å². The fourth-order valence-corrected chi connectivity index (χ4v) is 4.43. The van der Waals surface area contributed by atoms with E-state index in [1.54, 1.807) is 7.11 Å². The topological polar surface area (TPSA) is 92.0 Å². The number of benzene rings is 2. The molecule has 4 rings (SSSR count). The van der Waals surface area contributed by atoms with Crippen LogP contribution in [0.3, 0.4) is 0 Å². The Morgan fingerprint density at radius 1 is 1.03 bits per heavy atom. The molecule has 0 radical (unpaired) electrons. The first-order valence-corrected chi connectivity index (χ1v) is 12.8. The van der Waals surface area contributed by atoms with Crippen LogP contribution in [0.1, 0.15) is 36.2 Å². The molecule has 9 heteroatoms. The first-order chi connectivity index (χ1) is 18.0. The number of aromatic nitrogens is 2. The highest BCUT2D eigenvalue weighted by Crippen LogP contribution is 2.15. The van der Waals surface area contributed by atoms with Gasteiger partial charge in [-0.05, 0) is 30.2 Å². The monoisotopic (exact) mass is 505 g/mol. The number of piperazine rings is 1. The summed E-state index contributed by atoms with van der Waals surface area (Å²) in [6.45, 7) is 6.61. The molecule has 0 N–H and O–H groups in total. The zero-order chi connectivity index (χ0) is 26.0. The van der Waals surface area contributed by atoms with Crippen LogP contribution in [0.15, 0.2) is 59.1 Å². The number of amides is 2. The minimum atomic E-state index is 0.0702. The lowest BCUT2D eigenvalue weighted by molar-refractivity contribution is -0.132. The number of rotatable bonds is 11. The van der Waals surface area contributed by atoms with Crippen molar-refractivity contribution in [1.29, 1.82) is 0 Å². The quantitative estimate of drug-likeness (QED) is 0.396. The van der Waals surface area contributed by atoms with Gasteiger partial charge in [-0.3, -0.25) is 14.5 Å². The molecule has 196 valence electrons. The van der Waals surface area contributed by atoms with Gasteiger partial charge in [-0.25, -0.2) is 0 Å². The maximum Gasteiger partial charge on any atom is 0.227 e. The number of hydrogen-bond donors (Lipinski definition) is 0. The molecular weight excluding hydrogens is 470 g/mol. The van der Waals surface area contributed by atoms with Crippen molar-refractivity contribution in [3.05, 3.63) is 77.4 Å². The molecule has 1 aliphatic rings. The number of carbonyl (C=O) groups is 2. The average Bonchev–Trinajstić information content (AvgIpc) is 3.38. The first kappa shape index (κ1) is 26.3. The van der Waals surface area contributed by atoms with Crippen LogP contribution in [0.4, 0.5) is 0 Å². The Morgan fingerprint density at radius 3 is 2.51 bits per heavy atom. The SMILES string of the molecule is CCN(Cc1ccccc1)C(=O)CCc1nc(CN2CCN(C(=O)Cc3cccc(OC)c3)CC2)no1. The van der Waals surface area contributed by atoms with E-state index < -0.39 is 0 Å². The van der Waals surface area contributed by atoms with E-state index in [0.717, 1.165) is 30.0 Å². The number of hydrogen-bond acceptors (Lipinski definition) is 7. The Kier molecular flexibility index (Phi) is 9.26. The van der Waals surface area contributed by atoms with Crippen molar-refractivity contribution in [3.8, 4) is 5.75 Å². The van der Waals surface area contributed by atoms with Gasteiger partial charge in [0.1, 0.15) is 5.75 Å². The molecule has 1 aliphatic heterocycles. The van der Waals surface area contributed by atoms with Crippen molar-refractivity contribution in [1.82, 2.24) is 24.8 Å². The number of aryl methyl sites for hydroxylation is 1. The third-order valence-electron chi connectivity index (χ3n) is 6.59. The van der Waals surface area contributed by atoms with Crippen LogP contribution in [-0.4, -0.2) is 76.5 Å². The average molecular weight is 506 g/mol. The van der Waals surface area contributed by atoms with Crippen molar-refractivity contribution in [3.63, 3.8) is 0 Å². The zero-order valence-electron chi connectivity index (χ0n) is 21.6. The van der Waals surface area contributed by atoms with Gasteiger partial charge in [-0.1, -0.05) is 47.6 Å². The Hall–Kier alpha value is -3.72. The third-order valence-corrected chi connectivity index (χ3v) is 6.59. The lowest BCUT2D eigenvalue weighted by atomic mass is 10.1. The summed E-state index contributed by atoms with van der Waals surface area (Å²) in [7, 11) is 1.62. The smallest absolute Gasteiger partial charge is 0.227 e. The summed E-state index contributed by atoms with van der Waals surface area (Å²) in [5.41, 5.74) is 2.06. The van der Waals surface area contributed by atoms with Crippen LogP contribution in [0.2, 0.25) is 0 Å². The van der Waals surface area contributed by atoms with Gasteiger partial charge in [-0.15, -0.1) is 0 Å². The molecule has 2 amide bonds. The summed E-state index contributed by atoms with van der Waals surface area (Å²) in [6.07, 6.45) is 1.12. The number of carbonyl (C=O) groups excluding carboxylic acids is 2. The second-order valence-corrected chi connectivity index (χ2v) is 9.18.